The van der Waals surface area contributed by atoms with E-state index in [0.29, 0.717) is 18.3 Å². The van der Waals surface area contributed by atoms with E-state index >= 15 is 0 Å². The number of nitrogens with zero attached hydrogens (tertiary/aromatic N) is 2. The van der Waals surface area contributed by atoms with Crippen LogP contribution in [0.15, 0.2) is 10.9 Å². The minimum atomic E-state index is -0.0396. The van der Waals surface area contributed by atoms with Gasteiger partial charge in [0.25, 0.3) is 5.91 Å². The average molecular weight is 240 g/mol. The Morgan fingerprint density at radius 3 is 2.88 bits per heavy atom. The number of thiazole rings is 1. The molecule has 4 nitrogen and oxygen atoms in total. The second-order valence-corrected chi connectivity index (χ2v) is 4.75. The molecule has 5 heteroatoms. The second kappa shape index (κ2) is 5.41. The topological polar surface area (TPSA) is 53.4 Å². The summed E-state index contributed by atoms with van der Waals surface area (Å²) in [4.78, 5) is 18.0. The van der Waals surface area contributed by atoms with Crippen LogP contribution in [0.3, 0.4) is 0 Å². The Labute approximate surface area is 98.9 Å². The van der Waals surface area contributed by atoms with Gasteiger partial charge in [0.1, 0.15) is 5.69 Å². The molecule has 1 heterocycles. The van der Waals surface area contributed by atoms with Gasteiger partial charge in [-0.05, 0) is 12.8 Å². The van der Waals surface area contributed by atoms with Gasteiger partial charge in [0.2, 0.25) is 0 Å². The molecule has 0 aliphatic heterocycles. The molecule has 0 atom stereocenters. The van der Waals surface area contributed by atoms with Gasteiger partial charge in [-0.3, -0.25) is 4.79 Å². The summed E-state index contributed by atoms with van der Waals surface area (Å²) >= 11 is 1.42. The summed E-state index contributed by atoms with van der Waals surface area (Å²) in [7, 11) is 0. The summed E-state index contributed by atoms with van der Waals surface area (Å²) in [6, 6.07) is 0.293. The minimum absolute atomic E-state index is 0.0202. The number of hydrogen-bond acceptors (Lipinski definition) is 4. The molecule has 0 saturated heterocycles. The van der Waals surface area contributed by atoms with Crippen molar-refractivity contribution >= 4 is 17.2 Å². The van der Waals surface area contributed by atoms with Crippen LogP contribution in [-0.4, -0.2) is 40.1 Å². The van der Waals surface area contributed by atoms with Crippen LogP contribution in [0.4, 0.5) is 0 Å². The van der Waals surface area contributed by atoms with Crippen LogP contribution in [-0.2, 0) is 0 Å². The molecule has 1 fully saturated rings. The standard InChI is InChI=1S/C11H16N2O2S/c14-6-5-13(9-3-1-2-4-9)11(15)10-7-16-8-12-10/h7-9,14H,1-6H2. The number of hydrogen-bond donors (Lipinski definition) is 1. The first-order valence-corrected chi connectivity index (χ1v) is 6.57. The van der Waals surface area contributed by atoms with Crippen LogP contribution in [0.5, 0.6) is 0 Å². The van der Waals surface area contributed by atoms with Gasteiger partial charge in [-0.15, -0.1) is 11.3 Å². The molecule has 0 radical (unpaired) electrons. The highest BCUT2D eigenvalue weighted by atomic mass is 32.1. The third-order valence-corrected chi connectivity index (χ3v) is 3.61. The van der Waals surface area contributed by atoms with Crippen molar-refractivity contribution in [1.82, 2.24) is 9.88 Å². The Kier molecular flexibility index (Phi) is 3.90. The highest BCUT2D eigenvalue weighted by Crippen LogP contribution is 2.24. The van der Waals surface area contributed by atoms with E-state index in [4.69, 9.17) is 5.11 Å². The molecule has 0 aromatic carbocycles. The molecular formula is C11H16N2O2S. The van der Waals surface area contributed by atoms with Crippen LogP contribution >= 0.6 is 11.3 Å². The van der Waals surface area contributed by atoms with Gasteiger partial charge in [0, 0.05) is 18.0 Å². The minimum Gasteiger partial charge on any atom is -0.395 e. The Balaban J connectivity index is 2.09. The Morgan fingerprint density at radius 2 is 2.31 bits per heavy atom. The van der Waals surface area contributed by atoms with E-state index in [1.165, 1.54) is 24.2 Å². The summed E-state index contributed by atoms with van der Waals surface area (Å²) in [5, 5.41) is 10.8. The zero-order valence-corrected chi connectivity index (χ0v) is 9.95. The fourth-order valence-corrected chi connectivity index (χ4v) is 2.76. The smallest absolute Gasteiger partial charge is 0.273 e. The van der Waals surface area contributed by atoms with Crippen LogP contribution in [0.25, 0.3) is 0 Å². The summed E-state index contributed by atoms with van der Waals surface area (Å²) < 4.78 is 0. The van der Waals surface area contributed by atoms with Crippen molar-refractivity contribution in [3.63, 3.8) is 0 Å². The molecule has 1 aliphatic carbocycles. The van der Waals surface area contributed by atoms with E-state index in [-0.39, 0.29) is 12.5 Å². The molecule has 1 aromatic rings. The third kappa shape index (κ3) is 2.41. The lowest BCUT2D eigenvalue weighted by atomic mass is 10.2. The van der Waals surface area contributed by atoms with Crippen molar-refractivity contribution in [2.24, 2.45) is 0 Å². The fraction of sp³-hybridized carbons (Fsp3) is 0.636. The molecule has 1 aromatic heterocycles. The number of aromatic nitrogens is 1. The van der Waals surface area contributed by atoms with Gasteiger partial charge in [-0.1, -0.05) is 12.8 Å². The average Bonchev–Trinajstić information content (AvgIpc) is 2.96. The van der Waals surface area contributed by atoms with E-state index in [1.807, 2.05) is 0 Å². The lowest BCUT2D eigenvalue weighted by molar-refractivity contribution is 0.0633. The summed E-state index contributed by atoms with van der Waals surface area (Å²) in [5.41, 5.74) is 2.17. The summed E-state index contributed by atoms with van der Waals surface area (Å²) in [6.07, 6.45) is 4.46. The Bertz CT molecular complexity index is 334. The predicted octanol–water partition coefficient (Wildman–Crippen LogP) is 1.52. The first-order valence-electron chi connectivity index (χ1n) is 5.63. The monoisotopic (exact) mass is 240 g/mol. The first-order chi connectivity index (χ1) is 7.83. The molecule has 1 N–H and O–H groups in total. The number of carbonyl (C=O) groups is 1. The molecule has 2 rings (SSSR count). The lowest BCUT2D eigenvalue weighted by Gasteiger charge is -2.27. The molecule has 1 saturated carbocycles. The Hall–Kier alpha value is -0.940. The van der Waals surface area contributed by atoms with Gasteiger partial charge < -0.3 is 10.0 Å². The maximum Gasteiger partial charge on any atom is 0.273 e. The Morgan fingerprint density at radius 1 is 1.56 bits per heavy atom. The van der Waals surface area contributed by atoms with Crippen molar-refractivity contribution in [2.75, 3.05) is 13.2 Å². The van der Waals surface area contributed by atoms with Gasteiger partial charge in [0.05, 0.1) is 12.1 Å². The van der Waals surface area contributed by atoms with Crippen molar-refractivity contribution in [2.45, 2.75) is 31.7 Å². The van der Waals surface area contributed by atoms with Crippen molar-refractivity contribution in [3.05, 3.63) is 16.6 Å². The first kappa shape index (κ1) is 11.5. The lowest BCUT2D eigenvalue weighted by Crippen LogP contribution is -2.40. The van der Waals surface area contributed by atoms with E-state index in [9.17, 15) is 4.79 Å². The molecule has 1 aliphatic rings. The zero-order valence-electron chi connectivity index (χ0n) is 9.13. The van der Waals surface area contributed by atoms with E-state index in [2.05, 4.69) is 4.98 Å². The van der Waals surface area contributed by atoms with Crippen molar-refractivity contribution in [3.8, 4) is 0 Å². The molecule has 0 unspecified atom stereocenters. The maximum atomic E-state index is 12.1. The van der Waals surface area contributed by atoms with Gasteiger partial charge in [-0.25, -0.2) is 4.98 Å². The molecule has 0 spiro atoms. The molecule has 16 heavy (non-hydrogen) atoms. The van der Waals surface area contributed by atoms with E-state index in [1.54, 1.807) is 15.8 Å². The maximum absolute atomic E-state index is 12.1. The zero-order chi connectivity index (χ0) is 11.4. The fourth-order valence-electron chi connectivity index (χ4n) is 2.24. The number of aliphatic hydroxyl groups is 1. The number of amides is 1. The largest absolute Gasteiger partial charge is 0.395 e. The molecule has 0 bridgehead atoms. The SMILES string of the molecule is O=C(c1cscn1)N(CCO)C1CCCC1. The number of aliphatic hydroxyl groups excluding tert-OH is 1. The molecule has 1 amide bonds. The van der Waals surface area contributed by atoms with E-state index in [0.717, 1.165) is 12.8 Å². The van der Waals surface area contributed by atoms with E-state index < -0.39 is 0 Å². The summed E-state index contributed by atoms with van der Waals surface area (Å²) in [6.45, 7) is 0.438. The highest BCUT2D eigenvalue weighted by molar-refractivity contribution is 7.07. The number of carbonyl (C=O) groups excluding carboxylic acids is 1. The van der Waals surface area contributed by atoms with Gasteiger partial charge >= 0.3 is 0 Å². The van der Waals surface area contributed by atoms with Crippen molar-refractivity contribution in [1.29, 1.82) is 0 Å². The van der Waals surface area contributed by atoms with Crippen LogP contribution in [0.1, 0.15) is 36.2 Å². The number of rotatable bonds is 4. The summed E-state index contributed by atoms with van der Waals surface area (Å²) in [5.74, 6) is -0.0396. The second-order valence-electron chi connectivity index (χ2n) is 4.03. The normalized spacial score (nSPS) is 16.6. The predicted molar refractivity (Wildman–Crippen MR) is 62.5 cm³/mol. The van der Waals surface area contributed by atoms with Crippen LogP contribution in [0, 0.1) is 0 Å². The molecule has 88 valence electrons. The quantitative estimate of drug-likeness (QED) is 0.868. The van der Waals surface area contributed by atoms with Gasteiger partial charge in [0.15, 0.2) is 0 Å². The van der Waals surface area contributed by atoms with Gasteiger partial charge in [-0.2, -0.15) is 0 Å². The van der Waals surface area contributed by atoms with Crippen LogP contribution < -0.4 is 0 Å². The van der Waals surface area contributed by atoms with Crippen LogP contribution in [0.2, 0.25) is 0 Å². The van der Waals surface area contributed by atoms with Crippen molar-refractivity contribution < 1.29 is 9.90 Å². The third-order valence-electron chi connectivity index (χ3n) is 3.02. The highest BCUT2D eigenvalue weighted by Gasteiger charge is 2.27. The molecular weight excluding hydrogens is 224 g/mol.